The minimum Gasteiger partial charge on any atom is -0.483 e. The number of carbonyl (C=O) groups excluding carboxylic acids is 2. The molecular weight excluding hydrogens is 406 g/mol. The predicted octanol–water partition coefficient (Wildman–Crippen LogP) is 3.43. The van der Waals surface area contributed by atoms with Crippen LogP contribution in [0.5, 0.6) is 5.75 Å². The first-order valence-corrected chi connectivity index (χ1v) is 11.5. The van der Waals surface area contributed by atoms with Crippen molar-refractivity contribution >= 4 is 17.5 Å². The summed E-state index contributed by atoms with van der Waals surface area (Å²) in [7, 11) is 0. The lowest BCUT2D eigenvalue weighted by Gasteiger charge is -2.39. The van der Waals surface area contributed by atoms with Gasteiger partial charge in [0.25, 0.3) is 11.8 Å². The van der Waals surface area contributed by atoms with Gasteiger partial charge < -0.3 is 24.6 Å². The molecule has 0 radical (unpaired) electrons. The molecule has 0 aliphatic carbocycles. The molecular formula is C25H29N3O4. The van der Waals surface area contributed by atoms with E-state index in [-0.39, 0.29) is 24.5 Å². The largest absolute Gasteiger partial charge is 0.483 e. The molecule has 3 heterocycles. The van der Waals surface area contributed by atoms with Gasteiger partial charge in [-0.05, 0) is 43.9 Å². The highest BCUT2D eigenvalue weighted by Gasteiger charge is 2.36. The normalized spacial score (nSPS) is 22.6. The number of fused-ring (bicyclic) bond motifs is 1. The van der Waals surface area contributed by atoms with Gasteiger partial charge in [-0.15, -0.1) is 0 Å². The number of amides is 2. The van der Waals surface area contributed by atoms with Gasteiger partial charge in [-0.25, -0.2) is 0 Å². The Labute approximate surface area is 188 Å². The lowest BCUT2D eigenvalue weighted by molar-refractivity contribution is -0.132. The van der Waals surface area contributed by atoms with Gasteiger partial charge in [0.2, 0.25) is 0 Å². The number of rotatable bonds is 6. The van der Waals surface area contributed by atoms with Crippen LogP contribution in [0.25, 0.3) is 0 Å². The van der Waals surface area contributed by atoms with E-state index in [9.17, 15) is 9.59 Å². The van der Waals surface area contributed by atoms with Gasteiger partial charge >= 0.3 is 0 Å². The molecule has 2 aromatic carbocycles. The summed E-state index contributed by atoms with van der Waals surface area (Å²) in [5, 5.41) is 3.53. The quantitative estimate of drug-likeness (QED) is 0.753. The van der Waals surface area contributed by atoms with Crippen molar-refractivity contribution in [2.24, 2.45) is 0 Å². The fourth-order valence-corrected chi connectivity index (χ4v) is 4.77. The van der Waals surface area contributed by atoms with Crippen molar-refractivity contribution in [1.29, 1.82) is 0 Å². The van der Waals surface area contributed by atoms with E-state index in [2.05, 4.69) is 5.32 Å². The molecule has 0 unspecified atom stereocenters. The van der Waals surface area contributed by atoms with Crippen LogP contribution in [-0.2, 0) is 9.53 Å². The zero-order valence-corrected chi connectivity index (χ0v) is 18.2. The second-order valence-corrected chi connectivity index (χ2v) is 8.60. The van der Waals surface area contributed by atoms with Crippen LogP contribution < -0.4 is 10.1 Å². The van der Waals surface area contributed by atoms with Crippen LogP contribution >= 0.6 is 0 Å². The Balaban J connectivity index is 1.42. The fourth-order valence-electron chi connectivity index (χ4n) is 4.77. The molecule has 5 rings (SSSR count). The standard InChI is InChI=1S/C25H29N3O4/c29-23(27-13-5-6-14-27)17-32-22-12-4-2-10-20(22)24-26-21-11-3-1-9-19(21)25(30)28(24)16-18-8-7-15-31-18/h1-4,9-12,18,24,26H,5-8,13-17H2/t18-,24+/m1/s1. The van der Waals surface area contributed by atoms with E-state index >= 15 is 0 Å². The molecule has 2 atom stereocenters. The molecule has 32 heavy (non-hydrogen) atoms. The van der Waals surface area contributed by atoms with Crippen LogP contribution in [0.2, 0.25) is 0 Å². The molecule has 1 N–H and O–H groups in total. The van der Waals surface area contributed by atoms with Crippen molar-refractivity contribution < 1.29 is 19.1 Å². The van der Waals surface area contributed by atoms with Gasteiger partial charge in [-0.1, -0.05) is 30.3 Å². The van der Waals surface area contributed by atoms with E-state index in [0.29, 0.717) is 17.9 Å². The zero-order valence-electron chi connectivity index (χ0n) is 18.2. The van der Waals surface area contributed by atoms with Gasteiger partial charge in [0.15, 0.2) is 6.61 Å². The van der Waals surface area contributed by atoms with Crippen molar-refractivity contribution in [2.45, 2.75) is 38.0 Å². The first-order chi connectivity index (χ1) is 15.7. The van der Waals surface area contributed by atoms with Crippen LogP contribution in [0.15, 0.2) is 48.5 Å². The van der Waals surface area contributed by atoms with Gasteiger partial charge in [0.05, 0.1) is 11.7 Å². The summed E-state index contributed by atoms with van der Waals surface area (Å²) < 4.78 is 11.8. The lowest BCUT2D eigenvalue weighted by atomic mass is 10.0. The number of benzene rings is 2. The van der Waals surface area contributed by atoms with Crippen molar-refractivity contribution in [3.8, 4) is 5.75 Å². The molecule has 7 nitrogen and oxygen atoms in total. The molecule has 2 saturated heterocycles. The summed E-state index contributed by atoms with van der Waals surface area (Å²) in [4.78, 5) is 29.7. The highest BCUT2D eigenvalue weighted by Crippen LogP contribution is 2.37. The van der Waals surface area contributed by atoms with Gasteiger partial charge in [0.1, 0.15) is 11.9 Å². The summed E-state index contributed by atoms with van der Waals surface area (Å²) in [5.41, 5.74) is 2.29. The molecule has 3 aliphatic rings. The van der Waals surface area contributed by atoms with Crippen molar-refractivity contribution in [3.63, 3.8) is 0 Å². The maximum absolute atomic E-state index is 13.5. The highest BCUT2D eigenvalue weighted by molar-refractivity contribution is 6.01. The predicted molar refractivity (Wildman–Crippen MR) is 121 cm³/mol. The van der Waals surface area contributed by atoms with E-state index in [1.165, 1.54) is 0 Å². The minimum atomic E-state index is -0.403. The third-order valence-corrected chi connectivity index (χ3v) is 6.47. The fraction of sp³-hybridized carbons (Fsp3) is 0.440. The smallest absolute Gasteiger partial charge is 0.260 e. The van der Waals surface area contributed by atoms with Crippen LogP contribution in [0.4, 0.5) is 5.69 Å². The Hall–Kier alpha value is -3.06. The molecule has 7 heteroatoms. The average Bonchev–Trinajstić information content (AvgIpc) is 3.54. The number of carbonyl (C=O) groups is 2. The number of likely N-dealkylation sites (tertiary alicyclic amines) is 1. The number of para-hydroxylation sites is 2. The number of hydrogen-bond donors (Lipinski definition) is 1. The molecule has 0 spiro atoms. The van der Waals surface area contributed by atoms with Gasteiger partial charge in [-0.2, -0.15) is 0 Å². The Morgan fingerprint density at radius 1 is 1.06 bits per heavy atom. The number of nitrogens with one attached hydrogen (secondary N) is 1. The molecule has 0 saturated carbocycles. The molecule has 0 bridgehead atoms. The monoisotopic (exact) mass is 435 g/mol. The Morgan fingerprint density at radius 2 is 1.84 bits per heavy atom. The Kier molecular flexibility index (Phi) is 5.99. The van der Waals surface area contributed by atoms with Crippen LogP contribution in [0.1, 0.15) is 47.8 Å². The number of nitrogens with zero attached hydrogens (tertiary/aromatic N) is 2. The van der Waals surface area contributed by atoms with E-state index in [1.807, 2.05) is 58.3 Å². The second-order valence-electron chi connectivity index (χ2n) is 8.60. The Bertz CT molecular complexity index is 983. The summed E-state index contributed by atoms with van der Waals surface area (Å²) in [6.07, 6.45) is 3.68. The van der Waals surface area contributed by atoms with Crippen LogP contribution in [0.3, 0.4) is 0 Å². The van der Waals surface area contributed by atoms with E-state index in [0.717, 1.165) is 56.6 Å². The zero-order chi connectivity index (χ0) is 21.9. The van der Waals surface area contributed by atoms with Gasteiger partial charge in [0, 0.05) is 37.5 Å². The first kappa shape index (κ1) is 20.8. The third-order valence-electron chi connectivity index (χ3n) is 6.47. The van der Waals surface area contributed by atoms with E-state index in [4.69, 9.17) is 9.47 Å². The molecule has 2 amide bonds. The van der Waals surface area contributed by atoms with Crippen LogP contribution in [-0.4, -0.2) is 60.6 Å². The first-order valence-electron chi connectivity index (χ1n) is 11.5. The minimum absolute atomic E-state index is 0.00000283. The van der Waals surface area contributed by atoms with Crippen LogP contribution in [0, 0.1) is 0 Å². The molecule has 2 aromatic rings. The van der Waals surface area contributed by atoms with Gasteiger partial charge in [-0.3, -0.25) is 9.59 Å². The highest BCUT2D eigenvalue weighted by atomic mass is 16.5. The SMILES string of the molecule is O=C(COc1ccccc1[C@H]1Nc2ccccc2C(=O)N1C[C@H]1CCCO1)N1CCCC1. The lowest BCUT2D eigenvalue weighted by Crippen LogP contribution is -2.46. The summed E-state index contributed by atoms with van der Waals surface area (Å²) in [6.45, 7) is 2.84. The Morgan fingerprint density at radius 3 is 2.66 bits per heavy atom. The second kappa shape index (κ2) is 9.20. The summed E-state index contributed by atoms with van der Waals surface area (Å²) >= 11 is 0. The number of anilines is 1. The van der Waals surface area contributed by atoms with Crippen molar-refractivity contribution in [3.05, 3.63) is 59.7 Å². The number of ether oxygens (including phenoxy) is 2. The molecule has 3 aliphatic heterocycles. The molecule has 168 valence electrons. The third kappa shape index (κ3) is 4.17. The van der Waals surface area contributed by atoms with E-state index in [1.54, 1.807) is 0 Å². The van der Waals surface area contributed by atoms with Crippen molar-refractivity contribution in [2.75, 3.05) is 38.2 Å². The maximum Gasteiger partial charge on any atom is 0.260 e. The topological polar surface area (TPSA) is 71.1 Å². The number of hydrogen-bond acceptors (Lipinski definition) is 5. The average molecular weight is 436 g/mol. The molecule has 2 fully saturated rings. The van der Waals surface area contributed by atoms with Crippen molar-refractivity contribution in [1.82, 2.24) is 9.80 Å². The summed E-state index contributed by atoms with van der Waals surface area (Å²) in [5.74, 6) is 0.594. The summed E-state index contributed by atoms with van der Waals surface area (Å²) in [6, 6.07) is 15.2. The van der Waals surface area contributed by atoms with E-state index < -0.39 is 6.17 Å². The molecule has 0 aromatic heterocycles. The maximum atomic E-state index is 13.5.